The van der Waals surface area contributed by atoms with Crippen molar-refractivity contribution in [2.45, 2.75) is 90.1 Å². The lowest BCUT2D eigenvalue weighted by atomic mass is 9.80. The molecular weight excluding hydrogens is 974 g/mol. The molecule has 4 atom stereocenters. The predicted octanol–water partition coefficient (Wildman–Crippen LogP) is 10.6. The number of hydrogen-bond donors (Lipinski definition) is 1. The smallest absolute Gasteiger partial charge is 0.409 e. The number of nitrogens with one attached hydrogen (secondary N) is 1. The number of carbonyl (C=O) groups is 2. The molecule has 2 aromatic heterocycles. The Morgan fingerprint density at radius 2 is 1.25 bits per heavy atom. The zero-order valence-corrected chi connectivity index (χ0v) is 44.8. The van der Waals surface area contributed by atoms with E-state index < -0.39 is 31.8 Å². The maximum atomic E-state index is 16.0. The molecule has 1 saturated heterocycles. The highest BCUT2D eigenvalue weighted by Crippen LogP contribution is 2.57. The van der Waals surface area contributed by atoms with E-state index >= 15 is 4.57 Å². The van der Waals surface area contributed by atoms with Crippen LogP contribution < -0.4 is 19.5 Å². The van der Waals surface area contributed by atoms with Crippen LogP contribution in [0.2, 0.25) is 0 Å². The van der Waals surface area contributed by atoms with Gasteiger partial charge in [0.1, 0.15) is 47.6 Å². The van der Waals surface area contributed by atoms with E-state index in [0.29, 0.717) is 39.5 Å². The van der Waals surface area contributed by atoms with Gasteiger partial charge >= 0.3 is 7.75 Å². The van der Waals surface area contributed by atoms with Crippen LogP contribution in [0.15, 0.2) is 146 Å². The number of benzene rings is 5. The van der Waals surface area contributed by atoms with Crippen LogP contribution in [0.3, 0.4) is 0 Å². The Morgan fingerprint density at radius 3 is 1.80 bits per heavy atom. The van der Waals surface area contributed by atoms with E-state index in [-0.39, 0.29) is 61.9 Å². The van der Waals surface area contributed by atoms with Gasteiger partial charge in [0, 0.05) is 42.2 Å². The van der Waals surface area contributed by atoms with Gasteiger partial charge in [-0.2, -0.15) is 0 Å². The Hall–Kier alpha value is -6.98. The van der Waals surface area contributed by atoms with Gasteiger partial charge in [0.2, 0.25) is 0 Å². The lowest BCUT2D eigenvalue weighted by Crippen LogP contribution is -2.42. The average molecular weight is 1040 g/mol. The highest BCUT2D eigenvalue weighted by molar-refractivity contribution is 7.51. The quantitative estimate of drug-likeness (QED) is 0.0473. The first-order valence-electron chi connectivity index (χ1n) is 25.0. The zero-order valence-electron chi connectivity index (χ0n) is 43.9. The fraction of sp³-hybridized carbons (Fsp3) is 0.351. The largest absolute Gasteiger partial charge is 0.497 e. The summed E-state index contributed by atoms with van der Waals surface area (Å²) >= 11 is 0. The van der Waals surface area contributed by atoms with Crippen molar-refractivity contribution in [3.8, 4) is 17.2 Å². The Morgan fingerprint density at radius 1 is 0.707 bits per heavy atom. The molecule has 1 fully saturated rings. The number of rotatable bonds is 23. The third-order valence-electron chi connectivity index (χ3n) is 13.2. The van der Waals surface area contributed by atoms with Crippen molar-refractivity contribution in [2.75, 3.05) is 46.4 Å². The molecule has 8 rings (SSSR count). The topological polar surface area (TPSA) is 178 Å². The van der Waals surface area contributed by atoms with E-state index in [2.05, 4.69) is 20.3 Å². The van der Waals surface area contributed by atoms with Crippen molar-refractivity contribution in [1.82, 2.24) is 29.1 Å². The summed E-state index contributed by atoms with van der Waals surface area (Å²) < 4.78 is 64.0. The lowest BCUT2D eigenvalue weighted by molar-refractivity contribution is -0.0925. The Kier molecular flexibility index (Phi) is 17.5. The summed E-state index contributed by atoms with van der Waals surface area (Å²) in [5.74, 6) is 1.61. The third kappa shape index (κ3) is 11.9. The number of ether oxygens (including phenoxy) is 5. The van der Waals surface area contributed by atoms with Crippen LogP contribution in [0.5, 0.6) is 17.2 Å². The molecule has 7 aromatic rings. The number of imidazole rings is 1. The van der Waals surface area contributed by atoms with Crippen molar-refractivity contribution in [1.29, 1.82) is 0 Å². The number of amides is 2. The van der Waals surface area contributed by atoms with Crippen LogP contribution in [-0.4, -0.2) is 112 Å². The van der Waals surface area contributed by atoms with Crippen LogP contribution in [0.1, 0.15) is 91.6 Å². The van der Waals surface area contributed by atoms with Gasteiger partial charge in [0.15, 0.2) is 17.0 Å². The minimum atomic E-state index is -4.27. The van der Waals surface area contributed by atoms with Crippen molar-refractivity contribution < 1.29 is 46.9 Å². The second kappa shape index (κ2) is 24.1. The molecule has 17 nitrogen and oxygen atoms in total. The van der Waals surface area contributed by atoms with Crippen LogP contribution in [0, 0.1) is 0 Å². The fourth-order valence-corrected chi connectivity index (χ4v) is 11.9. The molecule has 2 amide bonds. The zero-order chi connectivity index (χ0) is 53.3. The molecule has 1 aliphatic heterocycles. The summed E-state index contributed by atoms with van der Waals surface area (Å²) in [4.78, 5) is 42.7. The van der Waals surface area contributed by atoms with Crippen molar-refractivity contribution in [2.24, 2.45) is 0 Å². The van der Waals surface area contributed by atoms with Gasteiger partial charge in [-0.05, 0) is 119 Å². The summed E-state index contributed by atoms with van der Waals surface area (Å²) in [5, 5.41) is 2.88. The fourth-order valence-electron chi connectivity index (χ4n) is 9.57. The predicted molar refractivity (Wildman–Crippen MR) is 286 cm³/mol. The van der Waals surface area contributed by atoms with Crippen molar-refractivity contribution >= 4 is 36.5 Å². The minimum absolute atomic E-state index is 0.0883. The summed E-state index contributed by atoms with van der Waals surface area (Å²) in [6.07, 6.45) is 0.453. The first-order valence-corrected chi connectivity index (χ1v) is 26.5. The molecule has 75 heavy (non-hydrogen) atoms. The second-order valence-corrected chi connectivity index (χ2v) is 20.7. The minimum Gasteiger partial charge on any atom is -0.497 e. The number of anilines is 1. The second-order valence-electron chi connectivity index (χ2n) is 18.9. The number of methoxy groups -OCH3 is 3. The average Bonchev–Trinajstić information content (AvgIpc) is 4.05. The summed E-state index contributed by atoms with van der Waals surface area (Å²) in [6.45, 7) is 11.5. The maximum absolute atomic E-state index is 16.0. The maximum Gasteiger partial charge on any atom is 0.409 e. The number of aromatic nitrogens is 4. The number of carbonyl (C=O) groups excluding carboxylic acids is 2. The van der Waals surface area contributed by atoms with Gasteiger partial charge in [-0.25, -0.2) is 24.2 Å². The normalized spacial score (nSPS) is 16.6. The van der Waals surface area contributed by atoms with Crippen LogP contribution in [0.25, 0.3) is 11.2 Å². The number of fused-ring (bicyclic) bond motifs is 1. The number of nitrogens with zero attached hydrogens (tertiary/aromatic N) is 6. The van der Waals surface area contributed by atoms with Crippen LogP contribution >= 0.6 is 7.75 Å². The Balaban J connectivity index is 1.18. The van der Waals surface area contributed by atoms with E-state index in [4.69, 9.17) is 32.7 Å². The molecule has 0 spiro atoms. The highest BCUT2D eigenvalue weighted by atomic mass is 31.2. The van der Waals surface area contributed by atoms with E-state index in [1.54, 1.807) is 90.3 Å². The van der Waals surface area contributed by atoms with E-state index in [9.17, 15) is 9.59 Å². The molecule has 1 unspecified atom stereocenters. The van der Waals surface area contributed by atoms with Crippen LogP contribution in [0.4, 0.5) is 5.82 Å². The highest BCUT2D eigenvalue weighted by Gasteiger charge is 2.48. The van der Waals surface area contributed by atoms with Gasteiger partial charge in [-0.1, -0.05) is 72.8 Å². The van der Waals surface area contributed by atoms with Crippen LogP contribution in [-0.2, 0) is 28.7 Å². The molecular formula is C57H66N7O10P. The molecule has 0 bridgehead atoms. The summed E-state index contributed by atoms with van der Waals surface area (Å²) in [7, 11) is 0.541. The van der Waals surface area contributed by atoms with Gasteiger partial charge in [0.25, 0.3) is 11.8 Å². The van der Waals surface area contributed by atoms with E-state index in [1.807, 2.05) is 126 Å². The van der Waals surface area contributed by atoms with Gasteiger partial charge < -0.3 is 33.9 Å². The standard InChI is InChI=1S/C57H66N7O10P/c1-38(2)62(56(66)42-20-26-46(68-7)27-21-42)32-33-72-75(67,64(39(3)4)40(5)6)74-49-34-51(63-37-60-52-53(58-36-59-54(52)63)61-55(65)41-16-12-10-13-17-41)73-50(49)35-71-57(43-18-14-11-15-19-43,44-22-28-47(69-8)29-23-44)45-24-30-48(70-9)31-25-45/h10-31,36-40,49-51H,32-35H2,1-9H3,(H,58,59,61,65)/t49-,50+,51+,75?/m0/s1. The van der Waals surface area contributed by atoms with Crippen molar-refractivity contribution in [3.63, 3.8) is 0 Å². The first kappa shape index (κ1) is 54.3. The molecule has 0 radical (unpaired) electrons. The first-order chi connectivity index (χ1) is 36.2. The van der Waals surface area contributed by atoms with E-state index in [1.165, 1.54) is 6.33 Å². The SMILES string of the molecule is COc1ccc(C(=O)N(CCOP(=O)(O[C@H]2C[C@H](n3cnc4c(NC(=O)c5ccccc5)ncnc43)O[C@@H]2COC(c2ccccc2)(c2ccc(OC)cc2)c2ccc(OC)cc2)N(C(C)C)C(C)C)C(C)C)cc1. The molecule has 1 aliphatic rings. The molecule has 1 N–H and O–H groups in total. The molecule has 394 valence electrons. The summed E-state index contributed by atoms with van der Waals surface area (Å²) in [6, 6.07) is 40.2. The van der Waals surface area contributed by atoms with Gasteiger partial charge in [-0.15, -0.1) is 0 Å². The summed E-state index contributed by atoms with van der Waals surface area (Å²) in [5.41, 5.74) is 2.83. The molecule has 18 heteroatoms. The van der Waals surface area contributed by atoms with Gasteiger partial charge in [-0.3, -0.25) is 23.2 Å². The van der Waals surface area contributed by atoms with Gasteiger partial charge in [0.05, 0.1) is 40.9 Å². The Labute approximate surface area is 438 Å². The lowest BCUT2D eigenvalue weighted by Gasteiger charge is -2.39. The third-order valence-corrected chi connectivity index (χ3v) is 15.7. The monoisotopic (exact) mass is 1040 g/mol. The molecule has 0 aliphatic carbocycles. The molecule has 0 saturated carbocycles. The number of hydrogen-bond acceptors (Lipinski definition) is 13. The van der Waals surface area contributed by atoms with E-state index in [0.717, 1.165) is 16.7 Å². The molecule has 3 heterocycles. The van der Waals surface area contributed by atoms with Crippen molar-refractivity contribution in [3.05, 3.63) is 174 Å². The molecule has 5 aromatic carbocycles. The Bertz CT molecular complexity index is 2980.